The molecule has 0 aliphatic carbocycles. The summed E-state index contributed by atoms with van der Waals surface area (Å²) >= 11 is 0. The van der Waals surface area contributed by atoms with Crippen molar-refractivity contribution in [3.05, 3.63) is 71.2 Å². The van der Waals surface area contributed by atoms with Crippen LogP contribution in [0.4, 0.5) is 0 Å². The lowest BCUT2D eigenvalue weighted by molar-refractivity contribution is -0.614. The van der Waals surface area contributed by atoms with E-state index in [2.05, 4.69) is 0 Å². The van der Waals surface area contributed by atoms with E-state index in [1.54, 1.807) is 6.07 Å². The second-order valence-corrected chi connectivity index (χ2v) is 3.58. The molecule has 1 heterocycles. The number of rotatable bonds is 2. The van der Waals surface area contributed by atoms with Gasteiger partial charge in [0.2, 0.25) is 0 Å². The molecule has 1 unspecified atom stereocenters. The van der Waals surface area contributed by atoms with Crippen molar-refractivity contribution in [3.63, 3.8) is 0 Å². The predicted octanol–water partition coefficient (Wildman–Crippen LogP) is 2.47. The first-order valence-electron chi connectivity index (χ1n) is 5.02. The molecule has 0 spiro atoms. The number of hydrogen-bond acceptors (Lipinski definition) is 1. The molecule has 0 radical (unpaired) electrons. The molecular formula is C13H13NO. The maximum absolute atomic E-state index is 11.6. The molecule has 2 aromatic rings. The normalized spacial score (nSPS) is 12.3. The van der Waals surface area contributed by atoms with Crippen molar-refractivity contribution in [2.45, 2.75) is 12.8 Å². The van der Waals surface area contributed by atoms with E-state index in [0.717, 1.165) is 16.0 Å². The molecule has 1 aromatic carbocycles. The van der Waals surface area contributed by atoms with Crippen LogP contribution in [0.15, 0.2) is 54.7 Å². The molecule has 2 nitrogen and oxygen atoms in total. The van der Waals surface area contributed by atoms with Crippen molar-refractivity contribution in [3.8, 4) is 0 Å². The number of benzene rings is 1. The van der Waals surface area contributed by atoms with Gasteiger partial charge in [-0.3, -0.25) is 0 Å². The standard InChI is InChI=1S/C13H13NO/c1-11(12-7-3-2-4-8-12)13-9-5-6-10-14(13)15/h2-11H,1H3. The molecule has 0 aliphatic rings. The summed E-state index contributed by atoms with van der Waals surface area (Å²) in [5.74, 6) is 0.130. The topological polar surface area (TPSA) is 26.9 Å². The Kier molecular flexibility index (Phi) is 2.68. The summed E-state index contributed by atoms with van der Waals surface area (Å²) in [4.78, 5) is 0. The van der Waals surface area contributed by atoms with Crippen molar-refractivity contribution in [2.24, 2.45) is 0 Å². The zero-order valence-corrected chi connectivity index (χ0v) is 8.63. The maximum Gasteiger partial charge on any atom is 0.199 e. The summed E-state index contributed by atoms with van der Waals surface area (Å²) in [7, 11) is 0. The Hall–Kier alpha value is -1.83. The highest BCUT2D eigenvalue weighted by molar-refractivity contribution is 5.25. The minimum atomic E-state index is 0.130. The Morgan fingerprint density at radius 1 is 1.00 bits per heavy atom. The molecule has 2 rings (SSSR count). The zero-order valence-electron chi connectivity index (χ0n) is 8.63. The third-order valence-corrected chi connectivity index (χ3v) is 2.60. The molecular weight excluding hydrogens is 186 g/mol. The first-order chi connectivity index (χ1) is 7.29. The fourth-order valence-corrected chi connectivity index (χ4v) is 1.69. The fraction of sp³-hybridized carbons (Fsp3) is 0.154. The molecule has 0 bridgehead atoms. The number of pyridine rings is 1. The number of nitrogens with zero attached hydrogens (tertiary/aromatic N) is 1. The Morgan fingerprint density at radius 3 is 2.33 bits per heavy atom. The highest BCUT2D eigenvalue weighted by Gasteiger charge is 2.15. The molecule has 0 fully saturated rings. The van der Waals surface area contributed by atoms with Gasteiger partial charge in [0.25, 0.3) is 0 Å². The second-order valence-electron chi connectivity index (χ2n) is 3.58. The van der Waals surface area contributed by atoms with Crippen LogP contribution >= 0.6 is 0 Å². The largest absolute Gasteiger partial charge is 0.618 e. The molecule has 0 saturated heterocycles. The van der Waals surface area contributed by atoms with Gasteiger partial charge in [-0.2, -0.15) is 4.73 Å². The van der Waals surface area contributed by atoms with Crippen LogP contribution in [0.5, 0.6) is 0 Å². The number of aromatic nitrogens is 1. The molecule has 1 aromatic heterocycles. The van der Waals surface area contributed by atoms with Crippen molar-refractivity contribution in [1.29, 1.82) is 0 Å². The first-order valence-corrected chi connectivity index (χ1v) is 5.02. The number of hydrogen-bond donors (Lipinski definition) is 0. The quantitative estimate of drug-likeness (QED) is 0.539. The van der Waals surface area contributed by atoms with Crippen LogP contribution in [0.1, 0.15) is 24.1 Å². The van der Waals surface area contributed by atoms with Crippen molar-refractivity contribution in [1.82, 2.24) is 0 Å². The van der Waals surface area contributed by atoms with Crippen LogP contribution in [-0.4, -0.2) is 0 Å². The third kappa shape index (κ3) is 1.99. The summed E-state index contributed by atoms with van der Waals surface area (Å²) in [6.45, 7) is 2.04. The molecule has 0 aliphatic heterocycles. The van der Waals surface area contributed by atoms with Gasteiger partial charge in [0.1, 0.15) is 0 Å². The third-order valence-electron chi connectivity index (χ3n) is 2.60. The van der Waals surface area contributed by atoms with E-state index in [1.807, 2.05) is 49.4 Å². The Balaban J connectivity index is 2.37. The van der Waals surface area contributed by atoms with Crippen LogP contribution in [0.2, 0.25) is 0 Å². The molecule has 76 valence electrons. The molecule has 1 atom stereocenters. The molecule has 0 saturated carbocycles. The highest BCUT2D eigenvalue weighted by Crippen LogP contribution is 2.20. The SMILES string of the molecule is CC(c1ccccc1)c1cccc[n+]1[O-]. The van der Waals surface area contributed by atoms with Gasteiger partial charge in [0.15, 0.2) is 11.9 Å². The van der Waals surface area contributed by atoms with Crippen molar-refractivity contribution >= 4 is 0 Å². The zero-order chi connectivity index (χ0) is 10.7. The minimum Gasteiger partial charge on any atom is -0.618 e. The summed E-state index contributed by atoms with van der Waals surface area (Å²) < 4.78 is 0.928. The van der Waals surface area contributed by atoms with Crippen LogP contribution in [0, 0.1) is 5.21 Å². The molecule has 15 heavy (non-hydrogen) atoms. The van der Waals surface area contributed by atoms with Gasteiger partial charge < -0.3 is 5.21 Å². The predicted molar refractivity (Wildman–Crippen MR) is 59.4 cm³/mol. The molecule has 2 heteroatoms. The summed E-state index contributed by atoms with van der Waals surface area (Å²) in [5, 5.41) is 11.6. The minimum absolute atomic E-state index is 0.130. The maximum atomic E-state index is 11.6. The van der Waals surface area contributed by atoms with Crippen LogP contribution in [0.3, 0.4) is 0 Å². The van der Waals surface area contributed by atoms with E-state index < -0.39 is 0 Å². The lowest BCUT2D eigenvalue weighted by Crippen LogP contribution is -2.32. The van der Waals surface area contributed by atoms with E-state index in [4.69, 9.17) is 0 Å². The molecule has 0 amide bonds. The van der Waals surface area contributed by atoms with E-state index in [-0.39, 0.29) is 5.92 Å². The van der Waals surface area contributed by atoms with Gasteiger partial charge in [-0.1, -0.05) is 30.3 Å². The van der Waals surface area contributed by atoms with E-state index in [0.29, 0.717) is 0 Å². The molecule has 0 N–H and O–H groups in total. The Morgan fingerprint density at radius 2 is 1.67 bits per heavy atom. The van der Waals surface area contributed by atoms with Gasteiger partial charge in [-0.15, -0.1) is 0 Å². The summed E-state index contributed by atoms with van der Waals surface area (Å²) in [6.07, 6.45) is 1.54. The Bertz CT molecular complexity index is 439. The summed E-state index contributed by atoms with van der Waals surface area (Å²) in [5.41, 5.74) is 1.94. The van der Waals surface area contributed by atoms with Gasteiger partial charge in [-0.25, -0.2) is 0 Å². The van der Waals surface area contributed by atoms with Crippen molar-refractivity contribution < 1.29 is 4.73 Å². The van der Waals surface area contributed by atoms with Gasteiger partial charge in [0, 0.05) is 12.1 Å². The van der Waals surface area contributed by atoms with E-state index in [1.165, 1.54) is 6.20 Å². The average molecular weight is 199 g/mol. The smallest absolute Gasteiger partial charge is 0.199 e. The monoisotopic (exact) mass is 199 g/mol. The average Bonchev–Trinajstić information content (AvgIpc) is 2.30. The second kappa shape index (κ2) is 4.13. The van der Waals surface area contributed by atoms with Crippen LogP contribution in [0.25, 0.3) is 0 Å². The van der Waals surface area contributed by atoms with E-state index >= 15 is 0 Å². The highest BCUT2D eigenvalue weighted by atomic mass is 16.5. The van der Waals surface area contributed by atoms with Crippen LogP contribution in [-0.2, 0) is 0 Å². The summed E-state index contributed by atoms with van der Waals surface area (Å²) in [6, 6.07) is 15.5. The lowest BCUT2D eigenvalue weighted by Gasteiger charge is -2.11. The van der Waals surface area contributed by atoms with Crippen LogP contribution < -0.4 is 4.73 Å². The lowest BCUT2D eigenvalue weighted by atomic mass is 9.97. The van der Waals surface area contributed by atoms with Crippen molar-refractivity contribution in [2.75, 3.05) is 0 Å². The first kappa shape index (κ1) is 9.71. The van der Waals surface area contributed by atoms with Gasteiger partial charge in [-0.05, 0) is 18.6 Å². The fourth-order valence-electron chi connectivity index (χ4n) is 1.69. The Labute approximate surface area is 89.4 Å². The van der Waals surface area contributed by atoms with Gasteiger partial charge >= 0.3 is 0 Å². The van der Waals surface area contributed by atoms with Gasteiger partial charge in [0.05, 0.1) is 5.92 Å². The van der Waals surface area contributed by atoms with E-state index in [9.17, 15) is 5.21 Å².